The van der Waals surface area contributed by atoms with Crippen molar-refractivity contribution in [1.82, 2.24) is 0 Å². The second kappa shape index (κ2) is 5.33. The zero-order valence-corrected chi connectivity index (χ0v) is 6.89. The number of hydrogen-bond acceptors (Lipinski definition) is 4. The Morgan fingerprint density at radius 1 is 1.50 bits per heavy atom. The van der Waals surface area contributed by atoms with E-state index < -0.39 is 13.8 Å². The highest BCUT2D eigenvalue weighted by Gasteiger charge is 2.20. The Morgan fingerprint density at radius 2 is 2.10 bits per heavy atom. The lowest BCUT2D eigenvalue weighted by Gasteiger charge is -1.88. The van der Waals surface area contributed by atoms with E-state index in [1.165, 1.54) is 14.2 Å². The quantitative estimate of drug-likeness (QED) is 0.452. The van der Waals surface area contributed by atoms with Gasteiger partial charge >= 0.3 is 13.8 Å². The molecule has 5 heteroatoms. The monoisotopic (exact) mass is 165 g/mol. The molecule has 0 radical (unpaired) electrons. The third-order valence-corrected chi connectivity index (χ3v) is 1.96. The van der Waals surface area contributed by atoms with Gasteiger partial charge in [0.05, 0.1) is 7.11 Å². The molecule has 0 aliphatic heterocycles. The molecule has 0 aromatic heterocycles. The molecule has 0 heterocycles. The molecule has 0 rings (SSSR count). The highest BCUT2D eigenvalue weighted by molar-refractivity contribution is 7.45. The van der Waals surface area contributed by atoms with Crippen LogP contribution in [0.2, 0.25) is 0 Å². The lowest BCUT2D eigenvalue weighted by atomic mass is 10.8. The summed E-state index contributed by atoms with van der Waals surface area (Å²) in [5, 5.41) is 0. The third-order valence-electron chi connectivity index (χ3n) is 0.806. The molecular weight excluding hydrogens is 155 g/mol. The summed E-state index contributed by atoms with van der Waals surface area (Å²) in [6, 6.07) is 0. The molecule has 0 aromatic carbocycles. The van der Waals surface area contributed by atoms with Crippen LogP contribution in [0.25, 0.3) is 0 Å². The molecule has 0 saturated carbocycles. The molecule has 0 bridgehead atoms. The van der Waals surface area contributed by atoms with Crippen molar-refractivity contribution in [1.29, 1.82) is 0 Å². The lowest BCUT2D eigenvalue weighted by Crippen LogP contribution is -2.04. The van der Waals surface area contributed by atoms with Crippen LogP contribution in [0.4, 0.5) is 0 Å². The SMILES string of the molecule is COC[P+](=O)CC(=O)OC. The van der Waals surface area contributed by atoms with Crippen LogP contribution >= 0.6 is 7.80 Å². The molecular formula is C5H10O4P+. The van der Waals surface area contributed by atoms with Crippen molar-refractivity contribution >= 4 is 13.8 Å². The van der Waals surface area contributed by atoms with Gasteiger partial charge in [-0.15, -0.1) is 0 Å². The maximum atomic E-state index is 10.7. The topological polar surface area (TPSA) is 52.6 Å². The number of hydrogen-bond donors (Lipinski definition) is 0. The Bertz CT molecular complexity index is 134. The Balaban J connectivity index is 3.47. The molecule has 0 aliphatic carbocycles. The summed E-state index contributed by atoms with van der Waals surface area (Å²) < 4.78 is 19.6. The van der Waals surface area contributed by atoms with Crippen molar-refractivity contribution in [3.8, 4) is 0 Å². The minimum atomic E-state index is -1.57. The first kappa shape index (κ1) is 9.53. The van der Waals surface area contributed by atoms with Crippen molar-refractivity contribution in [2.75, 3.05) is 26.7 Å². The van der Waals surface area contributed by atoms with Crippen molar-refractivity contribution in [3.63, 3.8) is 0 Å². The number of carbonyl (C=O) groups is 1. The fourth-order valence-corrected chi connectivity index (χ4v) is 1.19. The largest absolute Gasteiger partial charge is 0.466 e. The van der Waals surface area contributed by atoms with Crippen LogP contribution in [0.1, 0.15) is 0 Å². The molecule has 0 aromatic rings. The zero-order valence-electron chi connectivity index (χ0n) is 5.99. The smallest absolute Gasteiger partial charge is 0.378 e. The summed E-state index contributed by atoms with van der Waals surface area (Å²) in [7, 11) is 1.12. The first-order valence-electron chi connectivity index (χ1n) is 2.68. The Morgan fingerprint density at radius 3 is 2.50 bits per heavy atom. The van der Waals surface area contributed by atoms with Gasteiger partial charge in [0.1, 0.15) is 0 Å². The third kappa shape index (κ3) is 4.41. The number of esters is 1. The van der Waals surface area contributed by atoms with E-state index in [0.717, 1.165) is 0 Å². The van der Waals surface area contributed by atoms with Crippen LogP contribution in [0, 0.1) is 0 Å². The van der Waals surface area contributed by atoms with Crippen LogP contribution in [0.15, 0.2) is 0 Å². The summed E-state index contributed by atoms with van der Waals surface area (Å²) in [6.45, 7) is 0. The van der Waals surface area contributed by atoms with Crippen molar-refractivity contribution in [2.24, 2.45) is 0 Å². The molecule has 4 nitrogen and oxygen atoms in total. The zero-order chi connectivity index (χ0) is 7.98. The predicted octanol–water partition coefficient (Wildman–Crippen LogP) is 0.591. The molecule has 0 spiro atoms. The molecule has 58 valence electrons. The van der Waals surface area contributed by atoms with E-state index in [2.05, 4.69) is 9.47 Å². The highest BCUT2D eigenvalue weighted by Crippen LogP contribution is 2.18. The van der Waals surface area contributed by atoms with E-state index in [9.17, 15) is 9.36 Å². The number of methoxy groups -OCH3 is 2. The predicted molar refractivity (Wildman–Crippen MR) is 36.4 cm³/mol. The fraction of sp³-hybridized carbons (Fsp3) is 0.800. The molecule has 10 heavy (non-hydrogen) atoms. The lowest BCUT2D eigenvalue weighted by molar-refractivity contribution is -0.137. The summed E-state index contributed by atoms with van der Waals surface area (Å²) in [4.78, 5) is 10.4. The van der Waals surface area contributed by atoms with Gasteiger partial charge in [-0.05, 0) is 0 Å². The van der Waals surface area contributed by atoms with Gasteiger partial charge in [-0.3, -0.25) is 0 Å². The van der Waals surface area contributed by atoms with E-state index in [1.807, 2.05) is 0 Å². The molecule has 1 atom stereocenters. The maximum Gasteiger partial charge on any atom is 0.378 e. The molecule has 0 aliphatic rings. The minimum absolute atomic E-state index is 0.0559. The fourth-order valence-electron chi connectivity index (χ4n) is 0.398. The first-order valence-corrected chi connectivity index (χ1v) is 4.31. The number of carbonyl (C=O) groups excluding carboxylic acids is 1. The van der Waals surface area contributed by atoms with Crippen molar-refractivity contribution in [2.45, 2.75) is 0 Å². The summed E-state index contributed by atoms with van der Waals surface area (Å²) in [5.74, 6) is -0.460. The second-order valence-corrected chi connectivity index (χ2v) is 3.17. The number of rotatable bonds is 4. The van der Waals surface area contributed by atoms with E-state index in [1.54, 1.807) is 0 Å². The van der Waals surface area contributed by atoms with Crippen LogP contribution in [-0.4, -0.2) is 32.7 Å². The van der Waals surface area contributed by atoms with Gasteiger partial charge < -0.3 is 9.47 Å². The van der Waals surface area contributed by atoms with Crippen LogP contribution in [0.3, 0.4) is 0 Å². The summed E-state index contributed by atoms with van der Waals surface area (Å²) >= 11 is 0. The van der Waals surface area contributed by atoms with E-state index in [4.69, 9.17) is 0 Å². The normalized spacial score (nSPS) is 10.8. The molecule has 0 N–H and O–H groups in total. The van der Waals surface area contributed by atoms with Gasteiger partial charge in [0.25, 0.3) is 0 Å². The van der Waals surface area contributed by atoms with Gasteiger partial charge in [0.2, 0.25) is 12.5 Å². The van der Waals surface area contributed by atoms with Crippen molar-refractivity contribution < 1.29 is 18.8 Å². The van der Waals surface area contributed by atoms with Crippen LogP contribution in [-0.2, 0) is 18.8 Å². The molecule has 0 fully saturated rings. The standard InChI is InChI=1S/C5H10O4P/c1-8-4-10(7)3-5(6)9-2/h3-4H2,1-2H3/q+1. The maximum absolute atomic E-state index is 10.7. The van der Waals surface area contributed by atoms with E-state index >= 15 is 0 Å². The first-order chi connectivity index (χ1) is 4.70. The van der Waals surface area contributed by atoms with Gasteiger partial charge in [-0.1, -0.05) is 4.57 Å². The van der Waals surface area contributed by atoms with Gasteiger partial charge in [0.15, 0.2) is 0 Å². The van der Waals surface area contributed by atoms with Gasteiger partial charge in [-0.2, -0.15) is 0 Å². The molecule has 1 unspecified atom stereocenters. The summed E-state index contributed by atoms with van der Waals surface area (Å²) in [6.07, 6.45) is 0.0596. The van der Waals surface area contributed by atoms with Crippen LogP contribution < -0.4 is 0 Å². The van der Waals surface area contributed by atoms with E-state index in [0.29, 0.717) is 0 Å². The molecule has 0 saturated heterocycles. The summed E-state index contributed by atoms with van der Waals surface area (Å²) in [5.41, 5.74) is 0. The van der Waals surface area contributed by atoms with Crippen LogP contribution in [0.5, 0.6) is 0 Å². The molecule has 0 amide bonds. The Hall–Kier alpha value is -0.470. The number of ether oxygens (including phenoxy) is 2. The highest BCUT2D eigenvalue weighted by atomic mass is 31.1. The Kier molecular flexibility index (Phi) is 5.08. The average Bonchev–Trinajstić information content (AvgIpc) is 1.88. The van der Waals surface area contributed by atoms with Crippen molar-refractivity contribution in [3.05, 3.63) is 0 Å². The Labute approximate surface area is 60.3 Å². The second-order valence-electron chi connectivity index (χ2n) is 1.63. The average molecular weight is 165 g/mol. The minimum Gasteiger partial charge on any atom is -0.466 e. The van der Waals surface area contributed by atoms with Gasteiger partial charge in [0, 0.05) is 7.11 Å². The van der Waals surface area contributed by atoms with Gasteiger partial charge in [-0.25, -0.2) is 4.79 Å². The van der Waals surface area contributed by atoms with E-state index in [-0.39, 0.29) is 12.5 Å².